The van der Waals surface area contributed by atoms with Crippen LogP contribution in [0.1, 0.15) is 57.0 Å². The minimum Gasteiger partial charge on any atom is -0.382 e. The van der Waals surface area contributed by atoms with Gasteiger partial charge in [-0.15, -0.1) is 0 Å². The van der Waals surface area contributed by atoms with Crippen LogP contribution in [0.25, 0.3) is 0 Å². The number of aryl methyl sites for hydroxylation is 2. The number of pyridine rings is 1. The average molecular weight is 388 g/mol. The zero-order valence-corrected chi connectivity index (χ0v) is 18.4. The van der Waals surface area contributed by atoms with Gasteiger partial charge in [-0.1, -0.05) is 76.3 Å². The molecule has 26 heavy (non-hydrogen) atoms. The lowest BCUT2D eigenvalue weighted by molar-refractivity contribution is 0.583. The van der Waals surface area contributed by atoms with E-state index in [-0.39, 0.29) is 5.41 Å². The Morgan fingerprint density at radius 3 is 2.19 bits per heavy atom. The maximum Gasteiger partial charge on any atom is 0.166 e. The molecular weight excluding hydrogens is 358 g/mol. The fraction of sp³-hybridized carbons (Fsp3) is 0.381. The lowest BCUT2D eigenvalue weighted by atomic mass is 9.85. The summed E-state index contributed by atoms with van der Waals surface area (Å²) in [6, 6.07) is 10.1. The molecule has 2 N–H and O–H groups in total. The molecule has 3 nitrogen and oxygen atoms in total. The van der Waals surface area contributed by atoms with E-state index in [0.717, 1.165) is 10.5 Å². The first kappa shape index (κ1) is 22.3. The van der Waals surface area contributed by atoms with Gasteiger partial charge in [0.1, 0.15) is 5.69 Å². The van der Waals surface area contributed by atoms with Gasteiger partial charge in [0.05, 0.1) is 0 Å². The van der Waals surface area contributed by atoms with Crippen LogP contribution in [0, 0.1) is 13.8 Å². The van der Waals surface area contributed by atoms with Gasteiger partial charge < -0.3 is 5.73 Å². The second-order valence-electron chi connectivity index (χ2n) is 6.81. The van der Waals surface area contributed by atoms with Crippen molar-refractivity contribution >= 4 is 34.1 Å². The summed E-state index contributed by atoms with van der Waals surface area (Å²) in [6.45, 7) is 14.6. The predicted octanol–water partition coefficient (Wildman–Crippen LogP) is 5.80. The van der Waals surface area contributed by atoms with E-state index in [0.29, 0.717) is 15.9 Å². The smallest absolute Gasteiger partial charge is 0.166 e. The van der Waals surface area contributed by atoms with Gasteiger partial charge in [-0.05, 0) is 48.6 Å². The maximum absolute atomic E-state index is 6.09. The van der Waals surface area contributed by atoms with E-state index in [1.807, 2.05) is 50.4 Å². The molecule has 0 fully saturated rings. The SMILES string of the molecule is CC.Cc1ccc(SC(=S)/N=C(\N)c2cc(C)c(C(C)(C)C)cn2)cc1. The van der Waals surface area contributed by atoms with Crippen molar-refractivity contribution in [1.82, 2.24) is 4.98 Å². The number of nitrogens with two attached hydrogens (primary N) is 1. The average Bonchev–Trinajstić information content (AvgIpc) is 2.57. The monoisotopic (exact) mass is 387 g/mol. The third-order valence-electron chi connectivity index (χ3n) is 3.62. The highest BCUT2D eigenvalue weighted by atomic mass is 32.2. The summed E-state index contributed by atoms with van der Waals surface area (Å²) in [5, 5.41) is 0. The summed E-state index contributed by atoms with van der Waals surface area (Å²) in [5.41, 5.74) is 10.4. The van der Waals surface area contributed by atoms with Crippen LogP contribution in [-0.2, 0) is 5.41 Å². The Morgan fingerprint density at radius 1 is 1.12 bits per heavy atom. The van der Waals surface area contributed by atoms with E-state index in [2.05, 4.69) is 44.6 Å². The summed E-state index contributed by atoms with van der Waals surface area (Å²) in [5.74, 6) is 0.350. The van der Waals surface area contributed by atoms with E-state index in [1.54, 1.807) is 0 Å². The molecule has 0 radical (unpaired) electrons. The van der Waals surface area contributed by atoms with Crippen molar-refractivity contribution in [2.75, 3.05) is 0 Å². The lowest BCUT2D eigenvalue weighted by Gasteiger charge is -2.21. The van der Waals surface area contributed by atoms with E-state index in [1.165, 1.54) is 22.9 Å². The molecule has 1 aromatic carbocycles. The summed E-state index contributed by atoms with van der Waals surface area (Å²) < 4.78 is 0.482. The Balaban J connectivity index is 0.00000163. The van der Waals surface area contributed by atoms with Gasteiger partial charge in [0.2, 0.25) is 0 Å². The number of thioether (sulfide) groups is 1. The zero-order chi connectivity index (χ0) is 19.9. The maximum atomic E-state index is 6.09. The molecule has 0 aliphatic heterocycles. The van der Waals surface area contributed by atoms with Crippen molar-refractivity contribution in [1.29, 1.82) is 0 Å². The number of aromatic nitrogens is 1. The van der Waals surface area contributed by atoms with E-state index >= 15 is 0 Å². The number of hydrogen-bond acceptors (Lipinski definition) is 3. The second-order valence-corrected chi connectivity index (χ2v) is 8.52. The van der Waals surface area contributed by atoms with Crippen molar-refractivity contribution in [3.8, 4) is 0 Å². The van der Waals surface area contributed by atoms with Crippen LogP contribution in [0.3, 0.4) is 0 Å². The van der Waals surface area contributed by atoms with Gasteiger partial charge in [-0.25, -0.2) is 4.99 Å². The second kappa shape index (κ2) is 9.83. The summed E-state index contributed by atoms with van der Waals surface area (Å²) in [6.07, 6.45) is 1.88. The predicted molar refractivity (Wildman–Crippen MR) is 119 cm³/mol. The van der Waals surface area contributed by atoms with Crippen LogP contribution in [0.15, 0.2) is 46.4 Å². The molecular formula is C21H29N3S2. The number of aliphatic imine (C=N–C) groups is 1. The summed E-state index contributed by atoms with van der Waals surface area (Å²) in [7, 11) is 0. The quantitative estimate of drug-likeness (QED) is 0.306. The summed E-state index contributed by atoms with van der Waals surface area (Å²) in [4.78, 5) is 9.83. The highest BCUT2D eigenvalue weighted by Gasteiger charge is 2.17. The standard InChI is InChI=1S/C19H23N3S2.C2H6/c1-12-6-8-14(9-7-12)24-18(23)22-17(20)16-10-13(2)15(11-21-16)19(3,4)5;1-2/h6-11H,1-5H3,(H2,20,22,23);1-2H3. The Labute approximate surface area is 167 Å². The Morgan fingerprint density at radius 2 is 1.69 bits per heavy atom. The zero-order valence-electron chi connectivity index (χ0n) is 16.8. The fourth-order valence-corrected chi connectivity index (χ4v) is 3.37. The minimum absolute atomic E-state index is 0.0537. The number of rotatable bonds is 2. The molecule has 0 atom stereocenters. The lowest BCUT2D eigenvalue weighted by Crippen LogP contribution is -2.19. The molecule has 0 spiro atoms. The molecule has 0 bridgehead atoms. The van der Waals surface area contributed by atoms with Crippen LogP contribution >= 0.6 is 24.0 Å². The molecule has 1 heterocycles. The number of thiocarbonyl (C=S) groups is 1. The molecule has 140 valence electrons. The Kier molecular flexibility index (Phi) is 8.44. The third kappa shape index (κ3) is 6.54. The first-order valence-electron chi connectivity index (χ1n) is 8.77. The van der Waals surface area contributed by atoms with Crippen LogP contribution in [0.4, 0.5) is 0 Å². The number of nitrogens with zero attached hydrogens (tertiary/aromatic N) is 2. The van der Waals surface area contributed by atoms with E-state index < -0.39 is 0 Å². The van der Waals surface area contributed by atoms with Crippen molar-refractivity contribution in [2.45, 2.75) is 58.8 Å². The first-order valence-corrected chi connectivity index (χ1v) is 9.99. The van der Waals surface area contributed by atoms with Crippen molar-refractivity contribution in [2.24, 2.45) is 10.7 Å². The normalized spacial score (nSPS) is 11.6. The van der Waals surface area contributed by atoms with Crippen molar-refractivity contribution < 1.29 is 0 Å². The van der Waals surface area contributed by atoms with Gasteiger partial charge in [0.25, 0.3) is 0 Å². The van der Waals surface area contributed by atoms with E-state index in [4.69, 9.17) is 18.0 Å². The fourth-order valence-electron chi connectivity index (χ4n) is 2.37. The van der Waals surface area contributed by atoms with E-state index in [9.17, 15) is 0 Å². The molecule has 0 aliphatic carbocycles. The number of hydrogen-bond donors (Lipinski definition) is 1. The largest absolute Gasteiger partial charge is 0.382 e. The Hall–Kier alpha value is -1.72. The minimum atomic E-state index is 0.0537. The molecule has 0 amide bonds. The molecule has 2 aromatic rings. The summed E-state index contributed by atoms with van der Waals surface area (Å²) >= 11 is 6.75. The van der Waals surface area contributed by atoms with Crippen LogP contribution in [0.2, 0.25) is 0 Å². The molecule has 0 aliphatic rings. The molecule has 1 aromatic heterocycles. The molecule has 5 heteroatoms. The van der Waals surface area contributed by atoms with Crippen LogP contribution < -0.4 is 5.73 Å². The van der Waals surface area contributed by atoms with Crippen molar-refractivity contribution in [3.05, 3.63) is 58.9 Å². The number of amidine groups is 1. The highest BCUT2D eigenvalue weighted by Crippen LogP contribution is 2.25. The van der Waals surface area contributed by atoms with Gasteiger partial charge in [-0.3, -0.25) is 4.98 Å². The molecule has 0 saturated carbocycles. The van der Waals surface area contributed by atoms with Crippen molar-refractivity contribution in [3.63, 3.8) is 0 Å². The van der Waals surface area contributed by atoms with Crippen LogP contribution in [0.5, 0.6) is 0 Å². The Bertz CT molecular complexity index is 773. The van der Waals surface area contributed by atoms with Crippen LogP contribution in [-0.4, -0.2) is 15.1 Å². The molecule has 0 saturated heterocycles. The van der Waals surface area contributed by atoms with Gasteiger partial charge in [0, 0.05) is 11.1 Å². The first-order chi connectivity index (χ1) is 12.2. The van der Waals surface area contributed by atoms with Gasteiger partial charge in [-0.2, -0.15) is 0 Å². The molecule has 0 unspecified atom stereocenters. The number of benzene rings is 1. The highest BCUT2D eigenvalue weighted by molar-refractivity contribution is 8.23. The topological polar surface area (TPSA) is 51.3 Å². The van der Waals surface area contributed by atoms with Gasteiger partial charge in [0.15, 0.2) is 10.2 Å². The molecule has 2 rings (SSSR count). The van der Waals surface area contributed by atoms with Gasteiger partial charge >= 0.3 is 0 Å². The third-order valence-corrected chi connectivity index (χ3v) is 4.73.